The summed E-state index contributed by atoms with van der Waals surface area (Å²) in [5, 5.41) is 19.5. The smallest absolute Gasteiger partial charge is 0.412 e. The van der Waals surface area contributed by atoms with Gasteiger partial charge in [0.15, 0.2) is 5.76 Å². The van der Waals surface area contributed by atoms with Gasteiger partial charge in [-0.25, -0.2) is 4.79 Å². The van der Waals surface area contributed by atoms with Crippen molar-refractivity contribution in [3.63, 3.8) is 0 Å². The third kappa shape index (κ3) is 6.83. The highest BCUT2D eigenvalue weighted by molar-refractivity contribution is 5.90. The van der Waals surface area contributed by atoms with Crippen molar-refractivity contribution >= 4 is 17.7 Å². The molecule has 0 aliphatic rings. The molecule has 0 bridgehead atoms. The third-order valence-corrected chi connectivity index (χ3v) is 5.99. The summed E-state index contributed by atoms with van der Waals surface area (Å²) in [6, 6.07) is 25.7. The quantitative estimate of drug-likeness (QED) is 0.255. The zero-order chi connectivity index (χ0) is 26.2. The number of ether oxygens (including phenoxy) is 1. The Kier molecular flexibility index (Phi) is 8.33. The topological polar surface area (TPSA) is 114 Å². The predicted octanol–water partition coefficient (Wildman–Crippen LogP) is 5.75. The fourth-order valence-corrected chi connectivity index (χ4v) is 3.91. The van der Waals surface area contributed by atoms with Crippen LogP contribution in [0.5, 0.6) is 0 Å². The number of hydrogen-bond donors (Lipinski definition) is 3. The van der Waals surface area contributed by atoms with Crippen molar-refractivity contribution in [3.8, 4) is 11.3 Å². The van der Waals surface area contributed by atoms with Crippen molar-refractivity contribution in [1.29, 1.82) is 0 Å². The number of nitrogens with one attached hydrogen (secondary N) is 2. The zero-order valence-electron chi connectivity index (χ0n) is 20.7. The average Bonchev–Trinajstić information content (AvgIpc) is 3.27. The summed E-state index contributed by atoms with van der Waals surface area (Å²) in [6.07, 6.45) is -0.643. The van der Waals surface area contributed by atoms with Crippen LogP contribution in [0.1, 0.15) is 35.4 Å². The molecule has 3 N–H and O–H groups in total. The number of aromatic nitrogens is 1. The highest BCUT2D eigenvalue weighted by atomic mass is 16.6. The molecule has 0 fully saturated rings. The van der Waals surface area contributed by atoms with E-state index in [4.69, 9.17) is 9.26 Å². The molecule has 0 aliphatic heterocycles. The molecule has 37 heavy (non-hydrogen) atoms. The van der Waals surface area contributed by atoms with E-state index < -0.39 is 24.2 Å². The maximum Gasteiger partial charge on any atom is 0.412 e. The second-order valence-electron chi connectivity index (χ2n) is 8.71. The highest BCUT2D eigenvalue weighted by Gasteiger charge is 2.20. The molecule has 2 atom stereocenters. The molecule has 8 heteroatoms. The van der Waals surface area contributed by atoms with Crippen LogP contribution in [0.2, 0.25) is 0 Å². The van der Waals surface area contributed by atoms with Gasteiger partial charge in [-0.05, 0) is 37.0 Å². The Morgan fingerprint density at radius 2 is 1.59 bits per heavy atom. The number of carboxylic acids is 1. The summed E-state index contributed by atoms with van der Waals surface area (Å²) in [5.74, 6) is -0.490. The second-order valence-corrected chi connectivity index (χ2v) is 8.71. The molecule has 1 amide bonds. The van der Waals surface area contributed by atoms with Crippen LogP contribution in [0.25, 0.3) is 11.3 Å². The molecule has 0 radical (unpaired) electrons. The Balaban J connectivity index is 1.39. The van der Waals surface area contributed by atoms with E-state index in [9.17, 15) is 14.7 Å². The van der Waals surface area contributed by atoms with Crippen molar-refractivity contribution in [2.24, 2.45) is 0 Å². The third-order valence-electron chi connectivity index (χ3n) is 5.99. The Labute approximate surface area is 215 Å². The molecule has 1 aromatic heterocycles. The monoisotopic (exact) mass is 499 g/mol. The number of anilines is 1. The van der Waals surface area contributed by atoms with Crippen LogP contribution in [0.4, 0.5) is 10.5 Å². The lowest BCUT2D eigenvalue weighted by molar-refractivity contribution is -0.139. The molecule has 0 spiro atoms. The van der Waals surface area contributed by atoms with Crippen molar-refractivity contribution in [1.82, 2.24) is 10.5 Å². The Morgan fingerprint density at radius 3 is 2.24 bits per heavy atom. The number of benzene rings is 3. The van der Waals surface area contributed by atoms with Crippen LogP contribution in [0, 0.1) is 6.92 Å². The van der Waals surface area contributed by atoms with E-state index >= 15 is 0 Å². The van der Waals surface area contributed by atoms with Gasteiger partial charge in [0.2, 0.25) is 0 Å². The Bertz CT molecular complexity index is 1320. The van der Waals surface area contributed by atoms with Crippen LogP contribution in [-0.4, -0.2) is 28.4 Å². The maximum absolute atomic E-state index is 12.6. The molecule has 4 rings (SSSR count). The van der Waals surface area contributed by atoms with E-state index in [-0.39, 0.29) is 0 Å². The number of carbonyl (C=O) groups excluding carboxylic acids is 1. The van der Waals surface area contributed by atoms with Crippen LogP contribution < -0.4 is 10.6 Å². The minimum atomic E-state index is -0.901. The lowest BCUT2D eigenvalue weighted by atomic mass is 10.0. The summed E-state index contributed by atoms with van der Waals surface area (Å²) in [6.45, 7) is 3.92. The van der Waals surface area contributed by atoms with Crippen LogP contribution in [0.15, 0.2) is 89.5 Å². The van der Waals surface area contributed by atoms with Gasteiger partial charge in [-0.3, -0.25) is 10.1 Å². The van der Waals surface area contributed by atoms with E-state index in [0.717, 1.165) is 22.3 Å². The molecule has 0 aliphatic carbocycles. The summed E-state index contributed by atoms with van der Waals surface area (Å²) < 4.78 is 11.0. The van der Waals surface area contributed by atoms with Crippen LogP contribution >= 0.6 is 0 Å². The normalized spacial score (nSPS) is 12.5. The number of carbonyl (C=O) groups is 2. The van der Waals surface area contributed by atoms with Gasteiger partial charge in [-0.1, -0.05) is 90.1 Å². The first-order valence-electron chi connectivity index (χ1n) is 12.0. The summed E-state index contributed by atoms with van der Waals surface area (Å²) >= 11 is 0. The lowest BCUT2D eigenvalue weighted by Crippen LogP contribution is -2.38. The maximum atomic E-state index is 12.6. The number of aliphatic carboxylic acids is 1. The Morgan fingerprint density at radius 1 is 0.946 bits per heavy atom. The van der Waals surface area contributed by atoms with Crippen LogP contribution in [0.3, 0.4) is 0 Å². The van der Waals surface area contributed by atoms with E-state index in [1.165, 1.54) is 0 Å². The molecular formula is C29H29N3O5. The lowest BCUT2D eigenvalue weighted by Gasteiger charge is -2.15. The number of rotatable bonds is 10. The first-order valence-corrected chi connectivity index (χ1v) is 12.0. The van der Waals surface area contributed by atoms with Gasteiger partial charge in [-0.15, -0.1) is 0 Å². The first kappa shape index (κ1) is 25.7. The van der Waals surface area contributed by atoms with Gasteiger partial charge in [0.25, 0.3) is 0 Å². The van der Waals surface area contributed by atoms with Gasteiger partial charge in [0, 0.05) is 12.1 Å². The second kappa shape index (κ2) is 12.0. The largest absolute Gasteiger partial charge is 0.480 e. The van der Waals surface area contributed by atoms with E-state index in [1.807, 2.05) is 84.9 Å². The van der Waals surface area contributed by atoms with Crippen molar-refractivity contribution in [2.75, 3.05) is 5.32 Å². The molecule has 1 unspecified atom stereocenters. The van der Waals surface area contributed by atoms with E-state index in [0.29, 0.717) is 30.1 Å². The van der Waals surface area contributed by atoms with Crippen LogP contribution in [-0.2, 0) is 22.5 Å². The van der Waals surface area contributed by atoms with Crippen molar-refractivity contribution in [3.05, 3.63) is 107 Å². The molecule has 190 valence electrons. The summed E-state index contributed by atoms with van der Waals surface area (Å²) in [5.41, 5.74) is 4.42. The predicted molar refractivity (Wildman–Crippen MR) is 140 cm³/mol. The standard InChI is InChI=1S/C29H29N3O5/c1-19-26(31-29(35)36-20(2)23-11-7-4-8-12-23)27(37-32-19)24-15-13-22(14-16-24)18-30-25(28(33)34)17-21-9-5-3-6-10-21/h3-16,20,25,30H,17-18H2,1-2H3,(H,31,35)(H,33,34)/t20-,25?/m1/s1. The molecule has 3 aromatic carbocycles. The molecule has 0 saturated carbocycles. The number of aryl methyl sites for hydroxylation is 1. The zero-order valence-corrected chi connectivity index (χ0v) is 20.7. The van der Waals surface area contributed by atoms with Crippen molar-refractivity contribution < 1.29 is 24.0 Å². The molecule has 1 heterocycles. The number of carboxylic acid groups (broad SMARTS) is 1. The van der Waals surface area contributed by atoms with Crippen molar-refractivity contribution in [2.45, 2.75) is 39.0 Å². The van der Waals surface area contributed by atoms with E-state index in [1.54, 1.807) is 13.8 Å². The summed E-state index contributed by atoms with van der Waals surface area (Å²) in [4.78, 5) is 24.3. The van der Waals surface area contributed by atoms with Gasteiger partial charge in [-0.2, -0.15) is 0 Å². The fourth-order valence-electron chi connectivity index (χ4n) is 3.91. The minimum absolute atomic E-state index is 0.383. The highest BCUT2D eigenvalue weighted by Crippen LogP contribution is 2.31. The molecule has 8 nitrogen and oxygen atoms in total. The SMILES string of the molecule is Cc1noc(-c2ccc(CNC(Cc3ccccc3)C(=O)O)cc2)c1NC(=O)O[C@H](C)c1ccccc1. The number of hydrogen-bond acceptors (Lipinski definition) is 6. The van der Waals surface area contributed by atoms with Gasteiger partial charge in [0.1, 0.15) is 23.5 Å². The average molecular weight is 500 g/mol. The molecular weight excluding hydrogens is 470 g/mol. The first-order chi connectivity index (χ1) is 17.9. The van der Waals surface area contributed by atoms with Gasteiger partial charge < -0.3 is 19.7 Å². The minimum Gasteiger partial charge on any atom is -0.480 e. The van der Waals surface area contributed by atoms with Gasteiger partial charge in [0.05, 0.1) is 0 Å². The van der Waals surface area contributed by atoms with Gasteiger partial charge >= 0.3 is 12.1 Å². The molecule has 0 saturated heterocycles. The summed E-state index contributed by atoms with van der Waals surface area (Å²) in [7, 11) is 0. The fraction of sp³-hybridized carbons (Fsp3) is 0.207. The van der Waals surface area contributed by atoms with E-state index in [2.05, 4.69) is 15.8 Å². The number of amides is 1. The number of nitrogens with zero attached hydrogens (tertiary/aromatic N) is 1. The molecule has 4 aromatic rings. The Hall–Kier alpha value is -4.43.